The predicted molar refractivity (Wildman–Crippen MR) is 68.9 cm³/mol. The minimum absolute atomic E-state index is 0.00612. The van der Waals surface area contributed by atoms with Crippen LogP contribution in [-0.2, 0) is 6.54 Å². The largest absolute Gasteiger partial charge is 0.476 e. The minimum Gasteiger partial charge on any atom is -0.476 e. The number of aromatic nitrogens is 1. The highest BCUT2D eigenvalue weighted by atomic mass is 16.5. The molecule has 0 bridgehead atoms. The topological polar surface area (TPSA) is 66.6 Å². The molecule has 2 heterocycles. The number of likely N-dealkylation sites (tertiary alicyclic amines) is 1. The zero-order valence-electron chi connectivity index (χ0n) is 11.0. The first-order chi connectivity index (χ1) is 9.24. The smallest absolute Gasteiger partial charge is 0.358 e. The lowest BCUT2D eigenvalue weighted by atomic mass is 9.96. The van der Waals surface area contributed by atoms with Crippen LogP contribution in [-0.4, -0.2) is 33.7 Å². The van der Waals surface area contributed by atoms with Crippen molar-refractivity contribution in [2.75, 3.05) is 6.54 Å². The Balaban J connectivity index is 1.65. The van der Waals surface area contributed by atoms with Crippen LogP contribution in [0.2, 0.25) is 0 Å². The van der Waals surface area contributed by atoms with E-state index < -0.39 is 5.97 Å². The second-order valence-electron chi connectivity index (χ2n) is 5.71. The van der Waals surface area contributed by atoms with E-state index in [4.69, 9.17) is 9.63 Å². The molecule has 2 aliphatic rings. The van der Waals surface area contributed by atoms with E-state index >= 15 is 0 Å². The van der Waals surface area contributed by atoms with Crippen LogP contribution in [0.1, 0.15) is 54.8 Å². The van der Waals surface area contributed by atoms with Crippen molar-refractivity contribution in [1.82, 2.24) is 10.1 Å². The maximum absolute atomic E-state index is 10.8. The van der Waals surface area contributed by atoms with Crippen molar-refractivity contribution in [2.24, 2.45) is 5.92 Å². The van der Waals surface area contributed by atoms with Gasteiger partial charge in [-0.15, -0.1) is 0 Å². The molecule has 0 aromatic carbocycles. The number of hydrogen-bond acceptors (Lipinski definition) is 4. The maximum Gasteiger partial charge on any atom is 0.358 e. The molecule has 1 atom stereocenters. The average molecular weight is 264 g/mol. The van der Waals surface area contributed by atoms with Gasteiger partial charge in [0.1, 0.15) is 0 Å². The Hall–Kier alpha value is -1.36. The molecule has 1 saturated carbocycles. The van der Waals surface area contributed by atoms with Crippen molar-refractivity contribution < 1.29 is 14.4 Å². The molecule has 0 amide bonds. The highest BCUT2D eigenvalue weighted by molar-refractivity contribution is 5.85. The van der Waals surface area contributed by atoms with Crippen molar-refractivity contribution >= 4 is 5.97 Å². The van der Waals surface area contributed by atoms with Gasteiger partial charge in [-0.05, 0) is 38.1 Å². The summed E-state index contributed by atoms with van der Waals surface area (Å²) in [6.45, 7) is 1.78. The fourth-order valence-corrected chi connectivity index (χ4v) is 3.61. The second-order valence-corrected chi connectivity index (χ2v) is 5.71. The zero-order valence-corrected chi connectivity index (χ0v) is 11.0. The normalized spacial score (nSPS) is 25.2. The molecule has 3 rings (SSSR count). The number of carboxylic acid groups (broad SMARTS) is 1. The number of hydrogen-bond donors (Lipinski definition) is 1. The van der Waals surface area contributed by atoms with Crippen LogP contribution in [0, 0.1) is 5.92 Å². The molecule has 1 aromatic rings. The fourth-order valence-electron chi connectivity index (χ4n) is 3.61. The van der Waals surface area contributed by atoms with Crippen LogP contribution in [0.5, 0.6) is 0 Å². The first-order valence-electron chi connectivity index (χ1n) is 7.17. The second kappa shape index (κ2) is 5.33. The molecular weight excluding hydrogens is 244 g/mol. The van der Waals surface area contributed by atoms with Crippen LogP contribution in [0.25, 0.3) is 0 Å². The third kappa shape index (κ3) is 2.66. The van der Waals surface area contributed by atoms with E-state index in [1.165, 1.54) is 38.5 Å². The lowest BCUT2D eigenvalue weighted by Gasteiger charge is -2.28. The van der Waals surface area contributed by atoms with Gasteiger partial charge >= 0.3 is 5.97 Å². The molecule has 1 saturated heterocycles. The molecule has 104 valence electrons. The van der Waals surface area contributed by atoms with Gasteiger partial charge in [0.25, 0.3) is 0 Å². The number of nitrogens with zero attached hydrogens (tertiary/aromatic N) is 2. The Morgan fingerprint density at radius 3 is 2.84 bits per heavy atom. The monoisotopic (exact) mass is 264 g/mol. The third-order valence-electron chi connectivity index (χ3n) is 4.50. The number of aromatic carboxylic acids is 1. The molecule has 1 unspecified atom stereocenters. The van der Waals surface area contributed by atoms with Gasteiger partial charge in [-0.25, -0.2) is 4.79 Å². The van der Waals surface area contributed by atoms with Crippen molar-refractivity contribution in [3.05, 3.63) is 17.5 Å². The van der Waals surface area contributed by atoms with E-state index in [0.29, 0.717) is 18.3 Å². The Kier molecular flexibility index (Phi) is 3.55. The quantitative estimate of drug-likeness (QED) is 0.905. The van der Waals surface area contributed by atoms with E-state index in [2.05, 4.69) is 10.1 Å². The Morgan fingerprint density at radius 1 is 1.37 bits per heavy atom. The Morgan fingerprint density at radius 2 is 2.16 bits per heavy atom. The molecule has 1 aromatic heterocycles. The molecule has 1 aliphatic heterocycles. The SMILES string of the molecule is O=C(O)c1cc(CN2CCCC2C2CCCC2)on1. The molecule has 5 heteroatoms. The molecule has 2 fully saturated rings. The Bertz CT molecular complexity index is 451. The molecule has 1 aliphatic carbocycles. The standard InChI is InChI=1S/C14H20N2O3/c17-14(18)12-8-11(19-15-12)9-16-7-3-6-13(16)10-4-1-2-5-10/h8,10,13H,1-7,9H2,(H,17,18). The van der Waals surface area contributed by atoms with Crippen molar-refractivity contribution in [3.8, 4) is 0 Å². The lowest BCUT2D eigenvalue weighted by molar-refractivity contribution is 0.0685. The van der Waals surface area contributed by atoms with Crippen LogP contribution in [0.3, 0.4) is 0 Å². The highest BCUT2D eigenvalue weighted by Gasteiger charge is 2.33. The molecule has 19 heavy (non-hydrogen) atoms. The van der Waals surface area contributed by atoms with Crippen molar-refractivity contribution in [2.45, 2.75) is 51.1 Å². The summed E-state index contributed by atoms with van der Waals surface area (Å²) in [6.07, 6.45) is 7.92. The maximum atomic E-state index is 10.8. The molecule has 1 N–H and O–H groups in total. The molecule has 5 nitrogen and oxygen atoms in total. The third-order valence-corrected chi connectivity index (χ3v) is 4.50. The molecule has 0 radical (unpaired) electrons. The zero-order chi connectivity index (χ0) is 13.2. The molecular formula is C14H20N2O3. The van der Waals surface area contributed by atoms with Crippen LogP contribution >= 0.6 is 0 Å². The summed E-state index contributed by atoms with van der Waals surface area (Å²) >= 11 is 0. The summed E-state index contributed by atoms with van der Waals surface area (Å²) in [6, 6.07) is 2.20. The van der Waals surface area contributed by atoms with Gasteiger partial charge in [0.15, 0.2) is 11.5 Å². The number of rotatable bonds is 4. The van der Waals surface area contributed by atoms with Gasteiger partial charge in [0.05, 0.1) is 6.54 Å². The first kappa shape index (κ1) is 12.7. The van der Waals surface area contributed by atoms with Crippen molar-refractivity contribution in [1.29, 1.82) is 0 Å². The van der Waals surface area contributed by atoms with Gasteiger partial charge in [0, 0.05) is 12.1 Å². The Labute approximate surface area is 112 Å². The summed E-state index contributed by atoms with van der Waals surface area (Å²) in [5, 5.41) is 12.4. The molecule has 0 spiro atoms. The first-order valence-corrected chi connectivity index (χ1v) is 7.17. The van der Waals surface area contributed by atoms with Crippen LogP contribution in [0.4, 0.5) is 0 Å². The number of carboxylic acids is 1. The van der Waals surface area contributed by atoms with E-state index in [1.54, 1.807) is 6.07 Å². The van der Waals surface area contributed by atoms with Gasteiger partial charge in [0.2, 0.25) is 0 Å². The summed E-state index contributed by atoms with van der Waals surface area (Å²) in [7, 11) is 0. The highest BCUT2D eigenvalue weighted by Crippen LogP contribution is 2.36. The summed E-state index contributed by atoms with van der Waals surface area (Å²) in [5.74, 6) is 0.468. The van der Waals surface area contributed by atoms with E-state index in [9.17, 15) is 4.79 Å². The fraction of sp³-hybridized carbons (Fsp3) is 0.714. The van der Waals surface area contributed by atoms with Crippen LogP contribution in [0.15, 0.2) is 10.6 Å². The number of carbonyl (C=O) groups is 1. The van der Waals surface area contributed by atoms with Gasteiger partial charge in [-0.1, -0.05) is 18.0 Å². The lowest BCUT2D eigenvalue weighted by Crippen LogP contribution is -2.34. The van der Waals surface area contributed by atoms with E-state index in [0.717, 1.165) is 12.5 Å². The predicted octanol–water partition coefficient (Wildman–Crippen LogP) is 2.53. The van der Waals surface area contributed by atoms with Gasteiger partial charge < -0.3 is 9.63 Å². The summed E-state index contributed by atoms with van der Waals surface area (Å²) in [5.41, 5.74) is 0.00612. The van der Waals surface area contributed by atoms with Gasteiger partial charge in [-0.2, -0.15) is 0 Å². The minimum atomic E-state index is -1.02. The summed E-state index contributed by atoms with van der Waals surface area (Å²) < 4.78 is 5.13. The summed E-state index contributed by atoms with van der Waals surface area (Å²) in [4.78, 5) is 13.2. The van der Waals surface area contributed by atoms with Gasteiger partial charge in [-0.3, -0.25) is 4.90 Å². The average Bonchev–Trinajstić information content (AvgIpc) is 3.09. The van der Waals surface area contributed by atoms with Crippen molar-refractivity contribution in [3.63, 3.8) is 0 Å². The van der Waals surface area contributed by atoms with E-state index in [-0.39, 0.29) is 5.69 Å². The van der Waals surface area contributed by atoms with Crippen LogP contribution < -0.4 is 0 Å². The van der Waals surface area contributed by atoms with E-state index in [1.807, 2.05) is 0 Å².